The van der Waals surface area contributed by atoms with Crippen molar-refractivity contribution in [1.29, 1.82) is 0 Å². The van der Waals surface area contributed by atoms with Crippen LogP contribution in [0.4, 0.5) is 8.78 Å². The van der Waals surface area contributed by atoms with Gasteiger partial charge in [0.2, 0.25) is 0 Å². The van der Waals surface area contributed by atoms with Crippen molar-refractivity contribution < 1.29 is 8.78 Å². The summed E-state index contributed by atoms with van der Waals surface area (Å²) in [6, 6.07) is 10.7. The predicted octanol–water partition coefficient (Wildman–Crippen LogP) is 8.66. The summed E-state index contributed by atoms with van der Waals surface area (Å²) in [6.45, 7) is 4.40. The van der Waals surface area contributed by atoms with Gasteiger partial charge in [-0.2, -0.15) is 0 Å². The van der Waals surface area contributed by atoms with Crippen molar-refractivity contribution in [2.24, 2.45) is 0 Å². The molecule has 0 aliphatic carbocycles. The van der Waals surface area contributed by atoms with E-state index in [4.69, 9.17) is 0 Å². The Hall–Kier alpha value is -1.70. The Morgan fingerprint density at radius 3 is 1.79 bits per heavy atom. The van der Waals surface area contributed by atoms with Crippen LogP contribution in [0.25, 0.3) is 11.1 Å². The van der Waals surface area contributed by atoms with Gasteiger partial charge in [-0.1, -0.05) is 89.5 Å². The number of unbranched alkanes of at least 4 members (excludes halogenated alkanes) is 8. The Morgan fingerprint density at radius 2 is 1.18 bits per heavy atom. The molecule has 0 aromatic heterocycles. The second kappa shape index (κ2) is 12.7. The molecular formula is C26H36F2. The summed E-state index contributed by atoms with van der Waals surface area (Å²) in [5.41, 5.74) is 2.88. The molecular weight excluding hydrogens is 350 g/mol. The second-order valence-corrected chi connectivity index (χ2v) is 7.95. The minimum absolute atomic E-state index is 0.285. The lowest BCUT2D eigenvalue weighted by Crippen LogP contribution is -1.96. The molecule has 0 saturated heterocycles. The number of hydrogen-bond donors (Lipinski definition) is 0. The summed E-state index contributed by atoms with van der Waals surface area (Å²) in [5, 5.41) is 0. The van der Waals surface area contributed by atoms with E-state index in [9.17, 15) is 8.78 Å². The molecule has 0 spiro atoms. The molecule has 2 rings (SSSR count). The average Bonchev–Trinajstić information content (AvgIpc) is 2.70. The molecule has 0 unspecified atom stereocenters. The summed E-state index contributed by atoms with van der Waals surface area (Å²) in [7, 11) is 0. The van der Waals surface area contributed by atoms with Gasteiger partial charge in [-0.05, 0) is 54.5 Å². The van der Waals surface area contributed by atoms with E-state index >= 15 is 0 Å². The van der Waals surface area contributed by atoms with Crippen molar-refractivity contribution in [3.8, 4) is 11.1 Å². The van der Waals surface area contributed by atoms with Crippen molar-refractivity contribution in [2.75, 3.05) is 0 Å². The molecule has 2 heteroatoms. The van der Waals surface area contributed by atoms with Crippen molar-refractivity contribution >= 4 is 0 Å². The lowest BCUT2D eigenvalue weighted by Gasteiger charge is -2.10. The maximum atomic E-state index is 14.6. The summed E-state index contributed by atoms with van der Waals surface area (Å²) >= 11 is 0. The van der Waals surface area contributed by atoms with E-state index in [1.165, 1.54) is 69.1 Å². The van der Waals surface area contributed by atoms with Crippen molar-refractivity contribution in [2.45, 2.75) is 90.9 Å². The minimum atomic E-state index is -0.322. The van der Waals surface area contributed by atoms with Gasteiger partial charge in [0.1, 0.15) is 11.6 Å². The first-order chi connectivity index (χ1) is 13.7. The highest BCUT2D eigenvalue weighted by atomic mass is 19.1. The molecule has 0 saturated carbocycles. The van der Waals surface area contributed by atoms with Gasteiger partial charge in [-0.25, -0.2) is 8.78 Å². The summed E-state index contributed by atoms with van der Waals surface area (Å²) in [4.78, 5) is 0. The Balaban J connectivity index is 1.94. The molecule has 154 valence electrons. The molecule has 0 fully saturated rings. The maximum Gasteiger partial charge on any atom is 0.131 e. The number of halogens is 2. The fourth-order valence-electron chi connectivity index (χ4n) is 3.70. The van der Waals surface area contributed by atoms with E-state index in [0.717, 1.165) is 24.8 Å². The molecule has 0 aliphatic rings. The molecule has 0 radical (unpaired) electrons. The molecule has 0 nitrogen and oxygen atoms in total. The lowest BCUT2D eigenvalue weighted by atomic mass is 9.98. The third-order valence-corrected chi connectivity index (χ3v) is 5.52. The second-order valence-electron chi connectivity index (χ2n) is 7.95. The highest BCUT2D eigenvalue weighted by Gasteiger charge is 2.11. The van der Waals surface area contributed by atoms with E-state index in [2.05, 4.69) is 13.8 Å². The fourth-order valence-corrected chi connectivity index (χ4v) is 3.70. The molecule has 28 heavy (non-hydrogen) atoms. The Kier molecular flexibility index (Phi) is 10.2. The van der Waals surface area contributed by atoms with E-state index in [-0.39, 0.29) is 11.6 Å². The van der Waals surface area contributed by atoms with E-state index in [1.54, 1.807) is 0 Å². The fraction of sp³-hybridized carbons (Fsp3) is 0.538. The standard InChI is InChI=1S/C26H36F2/c1-3-5-7-9-11-13-21-15-17-22(18-16-21)24-20-25(27)23(19-26(24)28)14-12-10-8-6-4-2/h15-20H,3-14H2,1-2H3. The van der Waals surface area contributed by atoms with Crippen molar-refractivity contribution in [3.05, 3.63) is 59.2 Å². The molecule has 0 amide bonds. The van der Waals surface area contributed by atoms with E-state index < -0.39 is 0 Å². The Bertz CT molecular complexity index is 688. The number of hydrogen-bond acceptors (Lipinski definition) is 0. The van der Waals surface area contributed by atoms with Crippen LogP contribution in [0.1, 0.15) is 89.2 Å². The normalized spacial score (nSPS) is 11.1. The van der Waals surface area contributed by atoms with Crippen LogP contribution in [0.15, 0.2) is 36.4 Å². The minimum Gasteiger partial charge on any atom is -0.207 e. The van der Waals surface area contributed by atoms with Crippen LogP contribution in [-0.2, 0) is 12.8 Å². The van der Waals surface area contributed by atoms with Crippen LogP contribution in [0.5, 0.6) is 0 Å². The number of benzene rings is 2. The van der Waals surface area contributed by atoms with Gasteiger partial charge in [-0.3, -0.25) is 0 Å². The number of rotatable bonds is 13. The van der Waals surface area contributed by atoms with Gasteiger partial charge >= 0.3 is 0 Å². The van der Waals surface area contributed by atoms with Crippen LogP contribution in [0.3, 0.4) is 0 Å². The molecule has 2 aromatic carbocycles. The molecule has 0 bridgehead atoms. The van der Waals surface area contributed by atoms with Gasteiger partial charge < -0.3 is 0 Å². The number of aryl methyl sites for hydroxylation is 2. The zero-order chi connectivity index (χ0) is 20.2. The highest BCUT2D eigenvalue weighted by Crippen LogP contribution is 2.27. The molecule has 0 N–H and O–H groups in total. The molecule has 0 aliphatic heterocycles. The smallest absolute Gasteiger partial charge is 0.131 e. The lowest BCUT2D eigenvalue weighted by molar-refractivity contribution is 0.572. The monoisotopic (exact) mass is 386 g/mol. The van der Waals surface area contributed by atoms with Gasteiger partial charge in [-0.15, -0.1) is 0 Å². The topological polar surface area (TPSA) is 0 Å². The van der Waals surface area contributed by atoms with Crippen LogP contribution in [0, 0.1) is 11.6 Å². The third kappa shape index (κ3) is 7.37. The Labute approximate surface area is 170 Å². The SMILES string of the molecule is CCCCCCCc1ccc(-c2cc(F)c(CCCCCCC)cc2F)cc1. The zero-order valence-electron chi connectivity index (χ0n) is 17.7. The first kappa shape index (κ1) is 22.6. The van der Waals surface area contributed by atoms with Crippen LogP contribution in [-0.4, -0.2) is 0 Å². The third-order valence-electron chi connectivity index (χ3n) is 5.52. The predicted molar refractivity (Wildman–Crippen MR) is 117 cm³/mol. The highest BCUT2D eigenvalue weighted by molar-refractivity contribution is 5.65. The van der Waals surface area contributed by atoms with Crippen molar-refractivity contribution in [3.63, 3.8) is 0 Å². The van der Waals surface area contributed by atoms with Crippen molar-refractivity contribution in [1.82, 2.24) is 0 Å². The molecule has 0 atom stereocenters. The quantitative estimate of drug-likeness (QED) is 0.302. The van der Waals surface area contributed by atoms with Gasteiger partial charge in [0, 0.05) is 5.56 Å². The first-order valence-electron chi connectivity index (χ1n) is 11.2. The van der Waals surface area contributed by atoms with E-state index in [1.807, 2.05) is 24.3 Å². The molecule has 2 aromatic rings. The average molecular weight is 387 g/mol. The van der Waals surface area contributed by atoms with Gasteiger partial charge in [0.15, 0.2) is 0 Å². The van der Waals surface area contributed by atoms with Crippen LogP contribution in [0.2, 0.25) is 0 Å². The summed E-state index contributed by atoms with van der Waals surface area (Å²) < 4.78 is 29.1. The van der Waals surface area contributed by atoms with Crippen LogP contribution < -0.4 is 0 Å². The Morgan fingerprint density at radius 1 is 0.607 bits per heavy atom. The maximum absolute atomic E-state index is 14.6. The molecule has 0 heterocycles. The summed E-state index contributed by atoms with van der Waals surface area (Å²) in [5.74, 6) is -0.607. The zero-order valence-corrected chi connectivity index (χ0v) is 17.7. The summed E-state index contributed by atoms with van der Waals surface area (Å²) in [6.07, 6.45) is 13.5. The van der Waals surface area contributed by atoms with Gasteiger partial charge in [0.25, 0.3) is 0 Å². The largest absolute Gasteiger partial charge is 0.207 e. The first-order valence-corrected chi connectivity index (χ1v) is 11.2. The van der Waals surface area contributed by atoms with Gasteiger partial charge in [0.05, 0.1) is 0 Å². The van der Waals surface area contributed by atoms with E-state index in [0.29, 0.717) is 17.5 Å². The van der Waals surface area contributed by atoms with Crippen LogP contribution >= 0.6 is 0 Å².